The third-order valence-corrected chi connectivity index (χ3v) is 9.26. The van der Waals surface area contributed by atoms with Crippen LogP contribution in [-0.2, 0) is 0 Å². The summed E-state index contributed by atoms with van der Waals surface area (Å²) in [6.45, 7) is 4.63. The van der Waals surface area contributed by atoms with Crippen LogP contribution in [0.15, 0.2) is 0 Å². The number of nitrogens with zero attached hydrogens (tertiary/aromatic N) is 1. The minimum atomic E-state index is 0.0471. The van der Waals surface area contributed by atoms with E-state index in [1.165, 1.54) is 116 Å². The summed E-state index contributed by atoms with van der Waals surface area (Å²) in [5.41, 5.74) is 0.0471. The second-order valence-electron chi connectivity index (χ2n) is 10.9. The third-order valence-electron chi connectivity index (χ3n) is 9.26. The first-order valence-corrected chi connectivity index (χ1v) is 13.1. The summed E-state index contributed by atoms with van der Waals surface area (Å²) in [6, 6.07) is 2.88. The fourth-order valence-corrected chi connectivity index (χ4v) is 7.17. The monoisotopic (exact) mass is 385 g/mol. The van der Waals surface area contributed by atoms with Crippen molar-refractivity contribution in [2.75, 3.05) is 0 Å². The van der Waals surface area contributed by atoms with E-state index in [0.29, 0.717) is 5.92 Å². The zero-order valence-electron chi connectivity index (χ0n) is 19.1. The van der Waals surface area contributed by atoms with Crippen molar-refractivity contribution in [1.82, 2.24) is 0 Å². The Hall–Kier alpha value is -0.510. The van der Waals surface area contributed by atoms with Crippen LogP contribution < -0.4 is 0 Å². The molecule has 0 bridgehead atoms. The lowest BCUT2D eigenvalue weighted by molar-refractivity contribution is 0.0647. The highest BCUT2D eigenvalue weighted by Crippen LogP contribution is 2.52. The molecule has 0 aromatic rings. The summed E-state index contributed by atoms with van der Waals surface area (Å²) in [7, 11) is 0. The zero-order valence-corrected chi connectivity index (χ0v) is 19.1. The molecule has 1 nitrogen and oxygen atoms in total. The van der Waals surface area contributed by atoms with Crippen molar-refractivity contribution in [3.05, 3.63) is 0 Å². The Morgan fingerprint density at radius 3 is 1.61 bits per heavy atom. The van der Waals surface area contributed by atoms with Crippen LogP contribution in [0, 0.1) is 46.3 Å². The Morgan fingerprint density at radius 2 is 1.14 bits per heavy atom. The van der Waals surface area contributed by atoms with E-state index in [0.717, 1.165) is 23.7 Å². The molecule has 0 amide bonds. The van der Waals surface area contributed by atoms with Gasteiger partial charge in [-0.25, -0.2) is 0 Å². The lowest BCUT2D eigenvalue weighted by atomic mass is 9.58. The molecule has 0 saturated heterocycles. The molecule has 28 heavy (non-hydrogen) atoms. The highest BCUT2D eigenvalue weighted by molar-refractivity contribution is 5.06. The van der Waals surface area contributed by atoms with Gasteiger partial charge in [0, 0.05) is 0 Å². The Morgan fingerprint density at radius 1 is 0.679 bits per heavy atom. The molecule has 0 unspecified atom stereocenters. The maximum Gasteiger partial charge on any atom is 0.0692 e. The highest BCUT2D eigenvalue weighted by Gasteiger charge is 2.44. The molecule has 0 N–H and O–H groups in total. The molecule has 0 spiro atoms. The molecule has 160 valence electrons. The maximum atomic E-state index is 10.1. The van der Waals surface area contributed by atoms with Gasteiger partial charge >= 0.3 is 0 Å². The smallest absolute Gasteiger partial charge is 0.0692 e. The zero-order chi connectivity index (χ0) is 19.8. The second-order valence-corrected chi connectivity index (χ2v) is 10.9. The van der Waals surface area contributed by atoms with E-state index in [4.69, 9.17) is 0 Å². The van der Waals surface area contributed by atoms with E-state index in [1.807, 2.05) is 0 Å². The summed E-state index contributed by atoms with van der Waals surface area (Å²) < 4.78 is 0. The van der Waals surface area contributed by atoms with E-state index < -0.39 is 0 Å². The fraction of sp³-hybridized carbons (Fsp3) is 0.963. The second kappa shape index (κ2) is 11.0. The predicted molar refractivity (Wildman–Crippen MR) is 120 cm³/mol. The molecule has 0 atom stereocenters. The first-order chi connectivity index (χ1) is 13.7. The van der Waals surface area contributed by atoms with E-state index >= 15 is 0 Å². The molecule has 3 fully saturated rings. The van der Waals surface area contributed by atoms with E-state index in [2.05, 4.69) is 19.9 Å². The molecule has 3 aliphatic carbocycles. The lowest BCUT2D eigenvalue weighted by Gasteiger charge is -2.45. The van der Waals surface area contributed by atoms with Crippen molar-refractivity contribution in [1.29, 1.82) is 5.26 Å². The largest absolute Gasteiger partial charge is 0.198 e. The third kappa shape index (κ3) is 5.55. The number of rotatable bonds is 8. The average Bonchev–Trinajstić information content (AvgIpc) is 2.77. The van der Waals surface area contributed by atoms with Crippen molar-refractivity contribution < 1.29 is 0 Å². The Balaban J connectivity index is 1.43. The molecule has 1 heteroatoms. The normalized spacial score (nSPS) is 39.4. The van der Waals surface area contributed by atoms with Crippen LogP contribution >= 0.6 is 0 Å². The number of hydrogen-bond donors (Lipinski definition) is 0. The van der Waals surface area contributed by atoms with Crippen LogP contribution in [0.3, 0.4) is 0 Å². The van der Waals surface area contributed by atoms with Crippen LogP contribution in [0.4, 0.5) is 0 Å². The minimum absolute atomic E-state index is 0.0471. The van der Waals surface area contributed by atoms with Gasteiger partial charge in [0.05, 0.1) is 11.5 Å². The average molecular weight is 386 g/mol. The number of unbranched alkanes of at least 4 members (excludes halogenated alkanes) is 2. The van der Waals surface area contributed by atoms with E-state index in [9.17, 15) is 5.26 Å². The summed E-state index contributed by atoms with van der Waals surface area (Å²) in [5.74, 6) is 4.67. The molecule has 0 aromatic heterocycles. The Bertz CT molecular complexity index is 465. The first-order valence-electron chi connectivity index (χ1n) is 13.1. The summed E-state index contributed by atoms with van der Waals surface area (Å²) in [6.07, 6.45) is 25.1. The highest BCUT2D eigenvalue weighted by atomic mass is 14.5. The molecule has 3 rings (SSSR count). The van der Waals surface area contributed by atoms with Crippen LogP contribution in [0.2, 0.25) is 0 Å². The van der Waals surface area contributed by atoms with Gasteiger partial charge in [-0.2, -0.15) is 5.26 Å². The predicted octanol–water partition coefficient (Wildman–Crippen LogP) is 8.68. The summed E-state index contributed by atoms with van der Waals surface area (Å²) in [4.78, 5) is 0. The number of hydrogen-bond acceptors (Lipinski definition) is 1. The van der Waals surface area contributed by atoms with Crippen LogP contribution in [0.1, 0.15) is 129 Å². The molecule has 0 radical (unpaired) electrons. The van der Waals surface area contributed by atoms with Crippen molar-refractivity contribution in [3.63, 3.8) is 0 Å². The lowest BCUT2D eigenvalue weighted by Crippen LogP contribution is -2.37. The molecule has 0 heterocycles. The summed E-state index contributed by atoms with van der Waals surface area (Å²) in [5, 5.41) is 10.1. The van der Waals surface area contributed by atoms with Gasteiger partial charge in [0.2, 0.25) is 0 Å². The minimum Gasteiger partial charge on any atom is -0.198 e. The van der Waals surface area contributed by atoms with Gasteiger partial charge in [-0.15, -0.1) is 0 Å². The molecule has 3 saturated carbocycles. The Kier molecular flexibility index (Phi) is 8.74. The molecule has 0 aromatic carbocycles. The van der Waals surface area contributed by atoms with Crippen molar-refractivity contribution in [2.24, 2.45) is 35.0 Å². The maximum absolute atomic E-state index is 10.1. The van der Waals surface area contributed by atoms with Gasteiger partial charge in [0.15, 0.2) is 0 Å². The van der Waals surface area contributed by atoms with Gasteiger partial charge in [0.25, 0.3) is 0 Å². The van der Waals surface area contributed by atoms with Gasteiger partial charge in [0.1, 0.15) is 0 Å². The van der Waals surface area contributed by atoms with Crippen LogP contribution in [-0.4, -0.2) is 0 Å². The molecule has 3 aliphatic rings. The Labute approximate surface area is 176 Å². The topological polar surface area (TPSA) is 23.8 Å². The van der Waals surface area contributed by atoms with E-state index in [-0.39, 0.29) is 5.41 Å². The van der Waals surface area contributed by atoms with Gasteiger partial charge < -0.3 is 0 Å². The number of nitriles is 1. The molecular weight excluding hydrogens is 338 g/mol. The SMILES string of the molecule is CCCC[C@H]1CC[C@H]([C@H]2CC[C@@H]([C@]3(C#N)CC[C@H](CCCC)CC3)CC2)CC1. The summed E-state index contributed by atoms with van der Waals surface area (Å²) >= 11 is 0. The molecular formula is C27H47N. The van der Waals surface area contributed by atoms with Gasteiger partial charge in [-0.3, -0.25) is 0 Å². The van der Waals surface area contributed by atoms with Crippen molar-refractivity contribution >= 4 is 0 Å². The van der Waals surface area contributed by atoms with Gasteiger partial charge in [-0.05, 0) is 93.8 Å². The first kappa shape index (κ1) is 22.2. The van der Waals surface area contributed by atoms with E-state index in [1.54, 1.807) is 0 Å². The van der Waals surface area contributed by atoms with Crippen molar-refractivity contribution in [2.45, 2.75) is 129 Å². The molecule has 0 aliphatic heterocycles. The fourth-order valence-electron chi connectivity index (χ4n) is 7.17. The standard InChI is InChI=1S/C27H47N/c1-3-5-7-22-9-11-24(12-10-22)25-13-15-26(16-14-25)27(21-28)19-17-23(18-20-27)8-6-4-2/h22-26H,3-20H2,1-2H3/t22-,23-,24-,25-,26+,27+. The van der Waals surface area contributed by atoms with Crippen molar-refractivity contribution in [3.8, 4) is 6.07 Å². The van der Waals surface area contributed by atoms with Crippen LogP contribution in [0.25, 0.3) is 0 Å². The quantitative estimate of drug-likeness (QED) is 0.410. The van der Waals surface area contributed by atoms with Crippen LogP contribution in [0.5, 0.6) is 0 Å². The van der Waals surface area contributed by atoms with Gasteiger partial charge in [-0.1, -0.05) is 65.2 Å².